The maximum atomic E-state index is 12.7. The lowest BCUT2D eigenvalue weighted by atomic mass is 10.1. The Hall–Kier alpha value is -2.04. The van der Waals surface area contributed by atoms with E-state index in [1.165, 1.54) is 23.3 Å². The molecular weight excluding hydrogens is 336 g/mol. The molecule has 4 nitrogen and oxygen atoms in total. The Labute approximate surface area is 153 Å². The van der Waals surface area contributed by atoms with Crippen molar-refractivity contribution in [1.29, 1.82) is 0 Å². The Bertz CT molecular complexity index is 729. The monoisotopic (exact) mass is 359 g/mol. The minimum absolute atomic E-state index is 0.0256. The third-order valence-corrected chi connectivity index (χ3v) is 4.95. The third kappa shape index (κ3) is 4.74. The number of anilines is 1. The van der Waals surface area contributed by atoms with Gasteiger partial charge in [0, 0.05) is 29.1 Å². The topological polar surface area (TPSA) is 42.8 Å². The van der Waals surface area contributed by atoms with E-state index < -0.39 is 0 Å². The normalized spacial score (nSPS) is 16.1. The molecule has 1 aliphatic carbocycles. The van der Waals surface area contributed by atoms with Gasteiger partial charge in [0.1, 0.15) is 12.3 Å². The highest BCUT2D eigenvalue weighted by Crippen LogP contribution is 2.18. The summed E-state index contributed by atoms with van der Waals surface area (Å²) in [6.07, 6.45) is 2.36. The predicted octanol–water partition coefficient (Wildman–Crippen LogP) is 2.92. The molecule has 1 unspecified atom stereocenters. The Kier molecular flexibility index (Phi) is 5.61. The van der Waals surface area contributed by atoms with Crippen molar-refractivity contribution in [1.82, 2.24) is 0 Å². The summed E-state index contributed by atoms with van der Waals surface area (Å²) < 4.78 is 5.21. The maximum absolute atomic E-state index is 12.7. The Morgan fingerprint density at radius 1 is 1.28 bits per heavy atom. The number of ether oxygens (including phenoxy) is 1. The molecule has 1 aliphatic rings. The van der Waals surface area contributed by atoms with Crippen LogP contribution in [0.3, 0.4) is 0 Å². The van der Waals surface area contributed by atoms with Crippen LogP contribution >= 0.6 is 11.6 Å². The lowest BCUT2D eigenvalue weighted by Gasteiger charge is -2.25. The van der Waals surface area contributed by atoms with Crippen LogP contribution in [0.2, 0.25) is 5.02 Å². The van der Waals surface area contributed by atoms with Crippen molar-refractivity contribution in [3.8, 4) is 5.75 Å². The van der Waals surface area contributed by atoms with Gasteiger partial charge in [-0.05, 0) is 49.4 Å². The van der Waals surface area contributed by atoms with E-state index in [1.807, 2.05) is 31.2 Å². The van der Waals surface area contributed by atoms with Gasteiger partial charge in [-0.25, -0.2) is 0 Å². The van der Waals surface area contributed by atoms with Crippen molar-refractivity contribution in [2.45, 2.75) is 38.4 Å². The average molecular weight is 360 g/mol. The highest BCUT2D eigenvalue weighted by atomic mass is 35.5. The fourth-order valence-corrected chi connectivity index (χ4v) is 3.26. The van der Waals surface area contributed by atoms with Gasteiger partial charge in [0.05, 0.1) is 13.2 Å². The van der Waals surface area contributed by atoms with Crippen LogP contribution in [0.4, 0.5) is 5.69 Å². The van der Waals surface area contributed by atoms with Gasteiger partial charge in [-0.1, -0.05) is 17.7 Å². The molecular formula is C20H24ClN2O2+. The van der Waals surface area contributed by atoms with Gasteiger partial charge >= 0.3 is 0 Å². The van der Waals surface area contributed by atoms with Crippen LogP contribution in [-0.2, 0) is 11.3 Å². The zero-order valence-corrected chi connectivity index (χ0v) is 15.3. The molecule has 2 N–H and O–H groups in total. The molecule has 0 spiro atoms. The summed E-state index contributed by atoms with van der Waals surface area (Å²) in [6.45, 7) is 2.83. The van der Waals surface area contributed by atoms with Crippen molar-refractivity contribution >= 4 is 23.2 Å². The van der Waals surface area contributed by atoms with Crippen molar-refractivity contribution in [3.63, 3.8) is 0 Å². The molecule has 5 heteroatoms. The number of carbonyl (C=O) groups is 1. The molecule has 25 heavy (non-hydrogen) atoms. The number of carbonyl (C=O) groups excluding carboxylic acids is 1. The second kappa shape index (κ2) is 7.89. The summed E-state index contributed by atoms with van der Waals surface area (Å²) in [4.78, 5) is 14.0. The Balaban J connectivity index is 1.67. The largest absolute Gasteiger partial charge is 0.497 e. The molecule has 0 heterocycles. The summed E-state index contributed by atoms with van der Waals surface area (Å²) in [5.41, 5.74) is 1.95. The number of hydrogen-bond donors (Lipinski definition) is 2. The number of nitrogens with one attached hydrogen (secondary N) is 2. The zero-order chi connectivity index (χ0) is 17.8. The van der Waals surface area contributed by atoms with Gasteiger partial charge in [-0.15, -0.1) is 0 Å². The van der Waals surface area contributed by atoms with E-state index in [4.69, 9.17) is 16.3 Å². The van der Waals surface area contributed by atoms with E-state index in [9.17, 15) is 4.79 Å². The molecule has 0 aromatic heterocycles. The van der Waals surface area contributed by atoms with E-state index in [2.05, 4.69) is 17.4 Å². The quantitative estimate of drug-likeness (QED) is 0.798. The summed E-state index contributed by atoms with van der Waals surface area (Å²) in [6, 6.07) is 15.8. The van der Waals surface area contributed by atoms with Crippen molar-refractivity contribution in [2.75, 3.05) is 12.4 Å². The van der Waals surface area contributed by atoms with E-state index >= 15 is 0 Å². The second-order valence-electron chi connectivity index (χ2n) is 6.60. The fraction of sp³-hybridized carbons (Fsp3) is 0.350. The smallest absolute Gasteiger partial charge is 0.282 e. The number of benzene rings is 2. The summed E-state index contributed by atoms with van der Waals surface area (Å²) in [5, 5.41) is 3.61. The van der Waals surface area contributed by atoms with E-state index in [1.54, 1.807) is 19.2 Å². The van der Waals surface area contributed by atoms with Gasteiger partial charge in [-0.3, -0.25) is 4.79 Å². The van der Waals surface area contributed by atoms with Crippen LogP contribution in [0.25, 0.3) is 0 Å². The van der Waals surface area contributed by atoms with E-state index in [-0.39, 0.29) is 11.9 Å². The van der Waals surface area contributed by atoms with Crippen LogP contribution in [0, 0.1) is 0 Å². The van der Waals surface area contributed by atoms with Gasteiger partial charge in [0.2, 0.25) is 0 Å². The summed E-state index contributed by atoms with van der Waals surface area (Å²) in [5.74, 6) is 0.876. The number of hydrogen-bond acceptors (Lipinski definition) is 2. The van der Waals surface area contributed by atoms with Gasteiger partial charge in [0.25, 0.3) is 5.91 Å². The van der Waals surface area contributed by atoms with Crippen molar-refractivity contribution in [2.24, 2.45) is 0 Å². The SMILES string of the molecule is COc1ccc(C[NH+](C2CC2)[C@@H](C)C(=O)Nc2cccc(Cl)c2)cc1. The summed E-state index contributed by atoms with van der Waals surface area (Å²) >= 11 is 6.00. The van der Waals surface area contributed by atoms with E-state index in [0.29, 0.717) is 11.1 Å². The first-order valence-electron chi connectivity index (χ1n) is 8.62. The molecule has 132 valence electrons. The van der Waals surface area contributed by atoms with Gasteiger partial charge in [-0.2, -0.15) is 0 Å². The molecule has 1 saturated carbocycles. The van der Waals surface area contributed by atoms with Crippen LogP contribution in [0.1, 0.15) is 25.3 Å². The number of methoxy groups -OCH3 is 1. The van der Waals surface area contributed by atoms with Crippen LogP contribution in [0.15, 0.2) is 48.5 Å². The first-order chi connectivity index (χ1) is 12.1. The van der Waals surface area contributed by atoms with Crippen molar-refractivity contribution < 1.29 is 14.4 Å². The highest BCUT2D eigenvalue weighted by Gasteiger charge is 2.39. The molecule has 2 aromatic rings. The first-order valence-corrected chi connectivity index (χ1v) is 8.99. The number of quaternary nitrogens is 1. The number of halogens is 1. The summed E-state index contributed by atoms with van der Waals surface area (Å²) in [7, 11) is 1.67. The highest BCUT2D eigenvalue weighted by molar-refractivity contribution is 6.30. The van der Waals surface area contributed by atoms with Crippen LogP contribution < -0.4 is 15.0 Å². The predicted molar refractivity (Wildman–Crippen MR) is 100 cm³/mol. The van der Waals surface area contributed by atoms with Crippen LogP contribution in [-0.4, -0.2) is 25.1 Å². The number of amides is 1. The fourth-order valence-electron chi connectivity index (χ4n) is 3.07. The molecule has 3 rings (SSSR count). The van der Waals surface area contributed by atoms with E-state index in [0.717, 1.165) is 18.0 Å². The minimum atomic E-state index is -0.131. The number of rotatable bonds is 7. The average Bonchev–Trinajstić information content (AvgIpc) is 3.44. The molecule has 0 saturated heterocycles. The lowest BCUT2D eigenvalue weighted by Crippen LogP contribution is -3.16. The van der Waals surface area contributed by atoms with Crippen molar-refractivity contribution in [3.05, 3.63) is 59.1 Å². The van der Waals surface area contributed by atoms with Gasteiger partial charge in [0.15, 0.2) is 6.04 Å². The molecule has 1 amide bonds. The molecule has 0 aliphatic heterocycles. The third-order valence-electron chi connectivity index (χ3n) is 4.71. The molecule has 2 aromatic carbocycles. The molecule has 2 atom stereocenters. The van der Waals surface area contributed by atoms with Gasteiger partial charge < -0.3 is 15.0 Å². The molecule has 0 bridgehead atoms. The Morgan fingerprint density at radius 3 is 2.60 bits per heavy atom. The minimum Gasteiger partial charge on any atom is -0.497 e. The molecule has 0 radical (unpaired) electrons. The zero-order valence-electron chi connectivity index (χ0n) is 14.6. The van der Waals surface area contributed by atoms with Crippen LogP contribution in [0.5, 0.6) is 5.75 Å². The lowest BCUT2D eigenvalue weighted by molar-refractivity contribution is -0.938. The second-order valence-corrected chi connectivity index (χ2v) is 7.03. The molecule has 1 fully saturated rings. The Morgan fingerprint density at radius 2 is 2.00 bits per heavy atom. The maximum Gasteiger partial charge on any atom is 0.282 e. The standard InChI is InChI=1S/C20H23ClN2O2/c1-14(20(24)22-17-5-3-4-16(21)12-17)23(18-8-9-18)13-15-6-10-19(25-2)11-7-15/h3-7,10-12,14,18H,8-9,13H2,1-2H3,(H,22,24)/p+1/t14-/m0/s1. The first kappa shape index (κ1) is 17.8.